The minimum Gasteiger partial charge on any atom is -0.373 e. The van der Waals surface area contributed by atoms with Crippen LogP contribution in [-0.2, 0) is 11.2 Å². The molecule has 1 aliphatic heterocycles. The van der Waals surface area contributed by atoms with Gasteiger partial charge >= 0.3 is 6.03 Å². The lowest BCUT2D eigenvalue weighted by Crippen LogP contribution is -2.42. The van der Waals surface area contributed by atoms with Crippen molar-refractivity contribution in [3.8, 4) is 0 Å². The molecule has 2 atom stereocenters. The number of hydrogen-bond donors (Lipinski definition) is 2. The van der Waals surface area contributed by atoms with Gasteiger partial charge in [-0.15, -0.1) is 0 Å². The van der Waals surface area contributed by atoms with Crippen LogP contribution in [0.4, 0.5) is 10.5 Å². The van der Waals surface area contributed by atoms with Crippen LogP contribution in [0.25, 0.3) is 0 Å². The number of carbonyl (C=O) groups excluding carboxylic acids is 1. The molecule has 25 heavy (non-hydrogen) atoms. The number of aryl methyl sites for hydroxylation is 2. The average Bonchev–Trinajstić information content (AvgIpc) is 2.64. The van der Waals surface area contributed by atoms with Crippen LogP contribution in [-0.4, -0.2) is 23.7 Å². The third-order valence-electron chi connectivity index (χ3n) is 4.66. The average molecular weight is 339 g/mol. The van der Waals surface area contributed by atoms with E-state index < -0.39 is 0 Å². The van der Waals surface area contributed by atoms with E-state index in [-0.39, 0.29) is 18.2 Å². The summed E-state index contributed by atoms with van der Waals surface area (Å²) in [7, 11) is 0. The molecule has 1 aromatic carbocycles. The van der Waals surface area contributed by atoms with E-state index in [1.807, 2.05) is 36.5 Å². The van der Waals surface area contributed by atoms with Crippen molar-refractivity contribution in [1.29, 1.82) is 0 Å². The summed E-state index contributed by atoms with van der Waals surface area (Å²) in [5.74, 6) is 0. The monoisotopic (exact) mass is 339 g/mol. The third-order valence-corrected chi connectivity index (χ3v) is 4.66. The highest BCUT2D eigenvalue weighted by atomic mass is 16.5. The van der Waals surface area contributed by atoms with Crippen molar-refractivity contribution in [1.82, 2.24) is 10.3 Å². The maximum Gasteiger partial charge on any atom is 0.319 e. The van der Waals surface area contributed by atoms with Crippen LogP contribution in [0.3, 0.4) is 0 Å². The normalized spacial score (nSPS) is 20.1. The minimum absolute atomic E-state index is 0.0150. The van der Waals surface area contributed by atoms with Crippen LogP contribution in [0.1, 0.15) is 42.6 Å². The summed E-state index contributed by atoms with van der Waals surface area (Å²) in [5, 5.41) is 6.01. The summed E-state index contributed by atoms with van der Waals surface area (Å²) in [6.07, 6.45) is 6.09. The van der Waals surface area contributed by atoms with Crippen LogP contribution in [0.5, 0.6) is 0 Å². The number of benzene rings is 1. The van der Waals surface area contributed by atoms with Gasteiger partial charge in [-0.05, 0) is 61.1 Å². The van der Waals surface area contributed by atoms with Crippen molar-refractivity contribution in [3.63, 3.8) is 0 Å². The molecule has 1 aromatic heterocycles. The number of nitrogens with one attached hydrogen (secondary N) is 2. The molecule has 2 amide bonds. The van der Waals surface area contributed by atoms with Crippen LogP contribution >= 0.6 is 0 Å². The first-order valence-corrected chi connectivity index (χ1v) is 8.84. The molecular formula is C20H25N3O2. The van der Waals surface area contributed by atoms with Crippen molar-refractivity contribution in [3.05, 3.63) is 59.4 Å². The van der Waals surface area contributed by atoms with Gasteiger partial charge in [-0.1, -0.05) is 19.1 Å². The predicted molar refractivity (Wildman–Crippen MR) is 98.7 cm³/mol. The quantitative estimate of drug-likeness (QED) is 0.885. The highest BCUT2D eigenvalue weighted by Gasteiger charge is 2.25. The standard InChI is InChI=1S/C20H25N3O2/c1-3-15-11-17(7-6-14(15)2)22-20(24)23-18-8-10-25-19(12-18)16-5-4-9-21-13-16/h4-7,9,11,13,18-19H,3,8,10,12H2,1-2H3,(H2,22,23,24). The van der Waals surface area contributed by atoms with Crippen molar-refractivity contribution in [2.75, 3.05) is 11.9 Å². The molecule has 0 radical (unpaired) electrons. The summed E-state index contributed by atoms with van der Waals surface area (Å²) in [4.78, 5) is 16.5. The number of anilines is 1. The largest absolute Gasteiger partial charge is 0.373 e. The summed E-state index contributed by atoms with van der Waals surface area (Å²) in [6.45, 7) is 4.84. The number of urea groups is 1. The van der Waals surface area contributed by atoms with Gasteiger partial charge in [-0.3, -0.25) is 4.98 Å². The number of rotatable bonds is 4. The number of ether oxygens (including phenoxy) is 1. The van der Waals surface area contributed by atoms with Gasteiger partial charge in [0, 0.05) is 30.7 Å². The van der Waals surface area contributed by atoms with Crippen LogP contribution < -0.4 is 10.6 Å². The highest BCUT2D eigenvalue weighted by Crippen LogP contribution is 2.27. The fourth-order valence-corrected chi connectivity index (χ4v) is 3.21. The Balaban J connectivity index is 1.57. The first-order valence-electron chi connectivity index (χ1n) is 8.84. The molecule has 1 aliphatic rings. The second kappa shape index (κ2) is 8.12. The summed E-state index contributed by atoms with van der Waals surface area (Å²) < 4.78 is 5.83. The Labute approximate surface area is 148 Å². The van der Waals surface area contributed by atoms with Crippen molar-refractivity contribution in [2.45, 2.75) is 45.3 Å². The molecule has 0 aliphatic carbocycles. The van der Waals surface area contributed by atoms with Crippen molar-refractivity contribution < 1.29 is 9.53 Å². The van der Waals surface area contributed by atoms with E-state index in [1.165, 1.54) is 11.1 Å². The first-order chi connectivity index (χ1) is 12.2. The zero-order valence-corrected chi connectivity index (χ0v) is 14.8. The van der Waals surface area contributed by atoms with E-state index in [1.54, 1.807) is 6.20 Å². The van der Waals surface area contributed by atoms with Gasteiger partial charge in [-0.25, -0.2) is 4.79 Å². The Morgan fingerprint density at radius 3 is 3.00 bits per heavy atom. The highest BCUT2D eigenvalue weighted by molar-refractivity contribution is 5.89. The van der Waals surface area contributed by atoms with Crippen molar-refractivity contribution in [2.24, 2.45) is 0 Å². The Bertz CT molecular complexity index is 718. The van der Waals surface area contributed by atoms with Crippen molar-refractivity contribution >= 4 is 11.7 Å². The van der Waals surface area contributed by atoms with Crippen LogP contribution in [0, 0.1) is 6.92 Å². The molecule has 3 rings (SSSR count). The first kappa shape index (κ1) is 17.4. The van der Waals surface area contributed by atoms with E-state index in [2.05, 4.69) is 29.5 Å². The lowest BCUT2D eigenvalue weighted by molar-refractivity contribution is 0.00235. The summed E-state index contributed by atoms with van der Waals surface area (Å²) >= 11 is 0. The lowest BCUT2D eigenvalue weighted by atomic mass is 9.99. The van der Waals surface area contributed by atoms with Gasteiger partial charge in [-0.2, -0.15) is 0 Å². The molecule has 2 aromatic rings. The predicted octanol–water partition coefficient (Wildman–Crippen LogP) is 3.99. The van der Waals surface area contributed by atoms with E-state index in [0.717, 1.165) is 30.5 Å². The second-order valence-electron chi connectivity index (χ2n) is 6.46. The van der Waals surface area contributed by atoms with Gasteiger partial charge in [0.05, 0.1) is 6.10 Å². The Hall–Kier alpha value is -2.40. The molecule has 2 N–H and O–H groups in total. The summed E-state index contributed by atoms with van der Waals surface area (Å²) in [6, 6.07) is 9.87. The molecule has 1 saturated heterocycles. The molecule has 132 valence electrons. The van der Waals surface area contributed by atoms with E-state index in [4.69, 9.17) is 4.74 Å². The molecule has 2 heterocycles. The molecule has 0 spiro atoms. The number of pyridine rings is 1. The number of nitrogens with zero attached hydrogens (tertiary/aromatic N) is 1. The molecular weight excluding hydrogens is 314 g/mol. The van der Waals surface area contributed by atoms with Gasteiger partial charge in [0.1, 0.15) is 0 Å². The fourth-order valence-electron chi connectivity index (χ4n) is 3.21. The topological polar surface area (TPSA) is 63.2 Å². The smallest absolute Gasteiger partial charge is 0.319 e. The maximum absolute atomic E-state index is 12.3. The lowest BCUT2D eigenvalue weighted by Gasteiger charge is -2.30. The summed E-state index contributed by atoms with van der Waals surface area (Å²) in [5.41, 5.74) is 4.38. The molecule has 0 saturated carbocycles. The van der Waals surface area contributed by atoms with Gasteiger partial charge in [0.15, 0.2) is 0 Å². The molecule has 2 unspecified atom stereocenters. The number of hydrogen-bond acceptors (Lipinski definition) is 3. The SMILES string of the molecule is CCc1cc(NC(=O)NC2CCOC(c3cccnc3)C2)ccc1C. The Morgan fingerprint density at radius 1 is 1.36 bits per heavy atom. The van der Waals surface area contributed by atoms with Crippen LogP contribution in [0.15, 0.2) is 42.7 Å². The maximum atomic E-state index is 12.3. The minimum atomic E-state index is -0.164. The Morgan fingerprint density at radius 2 is 2.24 bits per heavy atom. The number of carbonyl (C=O) groups is 1. The molecule has 5 nitrogen and oxygen atoms in total. The van der Waals surface area contributed by atoms with Gasteiger partial charge in [0.25, 0.3) is 0 Å². The molecule has 0 bridgehead atoms. The Kier molecular flexibility index (Phi) is 5.66. The number of aromatic nitrogens is 1. The van der Waals surface area contributed by atoms with Gasteiger partial charge < -0.3 is 15.4 Å². The van der Waals surface area contributed by atoms with Gasteiger partial charge in [0.2, 0.25) is 0 Å². The van der Waals surface area contributed by atoms with Crippen LogP contribution in [0.2, 0.25) is 0 Å². The van der Waals surface area contributed by atoms with E-state index in [0.29, 0.717) is 6.61 Å². The van der Waals surface area contributed by atoms with E-state index >= 15 is 0 Å². The zero-order valence-electron chi connectivity index (χ0n) is 14.8. The fraction of sp³-hybridized carbons (Fsp3) is 0.400. The third kappa shape index (κ3) is 4.57. The second-order valence-corrected chi connectivity index (χ2v) is 6.46. The number of amides is 2. The van der Waals surface area contributed by atoms with E-state index in [9.17, 15) is 4.79 Å². The molecule has 1 fully saturated rings. The zero-order chi connectivity index (χ0) is 17.6. The molecule has 5 heteroatoms.